The van der Waals surface area contributed by atoms with Crippen molar-refractivity contribution >= 4 is 45.1 Å². The van der Waals surface area contributed by atoms with Crippen molar-refractivity contribution in [2.75, 3.05) is 26.2 Å². The van der Waals surface area contributed by atoms with Gasteiger partial charge in [0.1, 0.15) is 11.6 Å². The molecule has 0 saturated carbocycles. The molecule has 2 aromatic carbocycles. The predicted molar refractivity (Wildman–Crippen MR) is 111 cm³/mol. The molecule has 1 aromatic heterocycles. The number of carbonyl (C=O) groups is 1. The van der Waals surface area contributed by atoms with Crippen molar-refractivity contribution in [1.29, 1.82) is 0 Å². The average Bonchev–Trinajstić information content (AvgIpc) is 3.09. The van der Waals surface area contributed by atoms with E-state index in [0.717, 1.165) is 43.8 Å². The Labute approximate surface area is 167 Å². The second-order valence-electron chi connectivity index (χ2n) is 6.72. The minimum Gasteiger partial charge on any atom is -0.328 e. The third kappa shape index (κ3) is 4.56. The van der Waals surface area contributed by atoms with Gasteiger partial charge in [-0.3, -0.25) is 4.79 Å². The summed E-state index contributed by atoms with van der Waals surface area (Å²) in [6.07, 6.45) is 3.47. The van der Waals surface area contributed by atoms with Gasteiger partial charge in [0.25, 0.3) is 0 Å². The fourth-order valence-corrected chi connectivity index (χ4v) is 4.55. The highest BCUT2D eigenvalue weighted by molar-refractivity contribution is 7.18. The predicted octanol–water partition coefficient (Wildman–Crippen LogP) is 2.89. The Balaban J connectivity index is 1.31. The topological polar surface area (TPSA) is 37.6 Å². The summed E-state index contributed by atoms with van der Waals surface area (Å²) < 4.78 is 1.24. The highest BCUT2D eigenvalue weighted by Crippen LogP contribution is 2.20. The van der Waals surface area contributed by atoms with Crippen molar-refractivity contribution < 1.29 is 9.69 Å². The number of nitrogens with one attached hydrogen (secondary N) is 1. The van der Waals surface area contributed by atoms with E-state index in [9.17, 15) is 4.79 Å². The number of benzene rings is 2. The maximum atomic E-state index is 12.4. The SMILES string of the molecule is O=C(/C=C/c1cccc(Cl)c1)N1CC[NH+](Cc2nc3ccccc3s2)CC1. The molecule has 4 nitrogen and oxygen atoms in total. The molecule has 1 aliphatic heterocycles. The van der Waals surface area contributed by atoms with E-state index in [-0.39, 0.29) is 5.91 Å². The highest BCUT2D eigenvalue weighted by atomic mass is 35.5. The van der Waals surface area contributed by atoms with E-state index in [2.05, 4.69) is 18.2 Å². The first-order valence-corrected chi connectivity index (χ1v) is 10.3. The van der Waals surface area contributed by atoms with Gasteiger partial charge in [-0.2, -0.15) is 0 Å². The molecule has 1 aliphatic rings. The highest BCUT2D eigenvalue weighted by Gasteiger charge is 2.23. The lowest BCUT2D eigenvalue weighted by Gasteiger charge is -2.31. The number of fused-ring (bicyclic) bond motifs is 1. The number of hydrogen-bond donors (Lipinski definition) is 1. The van der Waals surface area contributed by atoms with Crippen molar-refractivity contribution in [1.82, 2.24) is 9.88 Å². The number of piperazine rings is 1. The Morgan fingerprint density at radius 3 is 2.78 bits per heavy atom. The third-order valence-corrected chi connectivity index (χ3v) is 6.06. The van der Waals surface area contributed by atoms with E-state index < -0.39 is 0 Å². The van der Waals surface area contributed by atoms with E-state index in [1.54, 1.807) is 17.4 Å². The average molecular weight is 399 g/mol. The lowest BCUT2D eigenvalue weighted by Crippen LogP contribution is -3.13. The molecule has 1 fully saturated rings. The molecule has 1 amide bonds. The zero-order chi connectivity index (χ0) is 18.6. The summed E-state index contributed by atoms with van der Waals surface area (Å²) in [5, 5.41) is 1.85. The molecule has 0 unspecified atom stereocenters. The van der Waals surface area contributed by atoms with Crippen LogP contribution in [0.3, 0.4) is 0 Å². The number of hydrogen-bond acceptors (Lipinski definition) is 3. The summed E-state index contributed by atoms with van der Waals surface area (Å²) in [5.41, 5.74) is 2.02. The molecule has 3 aromatic rings. The second-order valence-corrected chi connectivity index (χ2v) is 8.27. The maximum absolute atomic E-state index is 12.4. The molecule has 6 heteroatoms. The summed E-state index contributed by atoms with van der Waals surface area (Å²) >= 11 is 7.75. The fourth-order valence-electron chi connectivity index (χ4n) is 3.31. The molecule has 4 rings (SSSR count). The number of aromatic nitrogens is 1. The lowest BCUT2D eigenvalue weighted by molar-refractivity contribution is -0.917. The van der Waals surface area contributed by atoms with Gasteiger partial charge in [0.2, 0.25) is 5.91 Å². The zero-order valence-electron chi connectivity index (χ0n) is 14.9. The number of rotatable bonds is 4. The number of nitrogens with zero attached hydrogens (tertiary/aromatic N) is 2. The lowest BCUT2D eigenvalue weighted by atomic mass is 10.2. The minimum atomic E-state index is 0.0639. The standard InChI is InChI=1S/C21H20ClN3OS/c22-17-5-3-4-16(14-17)8-9-21(26)25-12-10-24(11-13-25)15-20-23-18-6-1-2-7-19(18)27-20/h1-9,14H,10-13,15H2/p+1/b9-8+. The smallest absolute Gasteiger partial charge is 0.246 e. The summed E-state index contributed by atoms with van der Waals surface area (Å²) in [7, 11) is 0. The van der Waals surface area contributed by atoms with E-state index in [1.807, 2.05) is 41.3 Å². The van der Waals surface area contributed by atoms with Crippen LogP contribution in [0.4, 0.5) is 0 Å². The molecule has 2 heterocycles. The maximum Gasteiger partial charge on any atom is 0.246 e. The largest absolute Gasteiger partial charge is 0.328 e. The molecule has 0 radical (unpaired) electrons. The summed E-state index contributed by atoms with van der Waals surface area (Å²) in [6.45, 7) is 4.39. The Hall–Kier alpha value is -2.21. The minimum absolute atomic E-state index is 0.0639. The molecule has 1 N–H and O–H groups in total. The van der Waals surface area contributed by atoms with Crippen LogP contribution < -0.4 is 4.90 Å². The molecule has 0 spiro atoms. The van der Waals surface area contributed by atoms with Gasteiger partial charge >= 0.3 is 0 Å². The summed E-state index contributed by atoms with van der Waals surface area (Å²) in [6, 6.07) is 15.8. The first kappa shape index (κ1) is 18.2. The Kier molecular flexibility index (Phi) is 5.53. The van der Waals surface area contributed by atoms with Crippen LogP contribution in [0, 0.1) is 0 Å². The number of para-hydroxylation sites is 1. The molecular weight excluding hydrogens is 378 g/mol. The first-order chi connectivity index (χ1) is 13.2. The molecular formula is C21H21ClN3OS+. The van der Waals surface area contributed by atoms with Crippen LogP contribution in [0.2, 0.25) is 5.02 Å². The van der Waals surface area contributed by atoms with Gasteiger partial charge in [-0.25, -0.2) is 4.98 Å². The van der Waals surface area contributed by atoms with Crippen LogP contribution in [-0.2, 0) is 11.3 Å². The molecule has 0 aliphatic carbocycles. The summed E-state index contributed by atoms with van der Waals surface area (Å²) in [5.74, 6) is 0.0639. The van der Waals surface area contributed by atoms with Crippen LogP contribution in [0.1, 0.15) is 10.6 Å². The van der Waals surface area contributed by atoms with Crippen molar-refractivity contribution in [3.05, 3.63) is 70.2 Å². The van der Waals surface area contributed by atoms with E-state index >= 15 is 0 Å². The van der Waals surface area contributed by atoms with Gasteiger partial charge in [0, 0.05) is 11.1 Å². The quantitative estimate of drug-likeness (QED) is 0.686. The number of thiazole rings is 1. The van der Waals surface area contributed by atoms with Crippen molar-refractivity contribution in [3.63, 3.8) is 0 Å². The number of amides is 1. The first-order valence-electron chi connectivity index (χ1n) is 9.08. The van der Waals surface area contributed by atoms with Crippen molar-refractivity contribution in [2.45, 2.75) is 6.54 Å². The number of quaternary nitrogens is 1. The third-order valence-electron chi connectivity index (χ3n) is 4.79. The molecule has 1 saturated heterocycles. The van der Waals surface area contributed by atoms with Crippen LogP contribution in [0.5, 0.6) is 0 Å². The Bertz CT molecular complexity index is 943. The molecule has 0 bridgehead atoms. The van der Waals surface area contributed by atoms with Crippen LogP contribution in [0.15, 0.2) is 54.6 Å². The van der Waals surface area contributed by atoms with Gasteiger partial charge in [-0.15, -0.1) is 11.3 Å². The van der Waals surface area contributed by atoms with E-state index in [1.165, 1.54) is 14.6 Å². The molecule has 0 atom stereocenters. The number of carbonyl (C=O) groups excluding carboxylic acids is 1. The normalized spacial score (nSPS) is 15.7. The Morgan fingerprint density at radius 1 is 1.19 bits per heavy atom. The van der Waals surface area contributed by atoms with Crippen molar-refractivity contribution in [3.8, 4) is 0 Å². The van der Waals surface area contributed by atoms with Crippen LogP contribution in [-0.4, -0.2) is 42.0 Å². The monoisotopic (exact) mass is 398 g/mol. The molecule has 27 heavy (non-hydrogen) atoms. The van der Waals surface area contributed by atoms with Crippen LogP contribution in [0.25, 0.3) is 16.3 Å². The van der Waals surface area contributed by atoms with E-state index in [0.29, 0.717) is 5.02 Å². The van der Waals surface area contributed by atoms with Gasteiger partial charge in [-0.05, 0) is 35.9 Å². The van der Waals surface area contributed by atoms with Gasteiger partial charge in [-0.1, -0.05) is 35.9 Å². The van der Waals surface area contributed by atoms with Crippen LogP contribution >= 0.6 is 22.9 Å². The fraction of sp³-hybridized carbons (Fsp3) is 0.238. The number of halogens is 1. The van der Waals surface area contributed by atoms with Gasteiger partial charge < -0.3 is 9.80 Å². The zero-order valence-corrected chi connectivity index (χ0v) is 16.5. The van der Waals surface area contributed by atoms with E-state index in [4.69, 9.17) is 16.6 Å². The van der Waals surface area contributed by atoms with Gasteiger partial charge in [0.15, 0.2) is 0 Å². The van der Waals surface area contributed by atoms with Gasteiger partial charge in [0.05, 0.1) is 36.4 Å². The van der Waals surface area contributed by atoms with Crippen molar-refractivity contribution in [2.24, 2.45) is 0 Å². The second kappa shape index (κ2) is 8.21. The summed E-state index contributed by atoms with van der Waals surface area (Å²) in [4.78, 5) is 20.6. The Morgan fingerprint density at radius 2 is 2.00 bits per heavy atom. The molecule has 138 valence electrons.